The highest BCUT2D eigenvalue weighted by Crippen LogP contribution is 2.10. The number of carbonyl (C=O) groups excluding carboxylic acids is 2. The van der Waals surface area contributed by atoms with Gasteiger partial charge in [0, 0.05) is 0 Å². The fraction of sp³-hybridized carbons (Fsp3) is 0.857. The maximum Gasteiger partial charge on any atom is 0.336 e. The summed E-state index contributed by atoms with van der Waals surface area (Å²) in [7, 11) is -5.50. The van der Waals surface area contributed by atoms with Gasteiger partial charge in [0.05, 0.1) is 25.7 Å². The molecule has 154 valence electrons. The largest absolute Gasteiger partial charge is 0.467 e. The second kappa shape index (κ2) is 11.5. The SMILES string of the molecule is COC(=O)C(C)OS(=O)(=O)CCCCCCS(=O)(=O)OC(C)C(=O)OC. The van der Waals surface area contributed by atoms with Crippen LogP contribution in [0.25, 0.3) is 0 Å². The Morgan fingerprint density at radius 2 is 1.00 bits per heavy atom. The van der Waals surface area contributed by atoms with Crippen molar-refractivity contribution in [3.63, 3.8) is 0 Å². The highest BCUT2D eigenvalue weighted by Gasteiger charge is 2.23. The third kappa shape index (κ3) is 10.7. The number of hydrogen-bond donors (Lipinski definition) is 0. The van der Waals surface area contributed by atoms with Crippen molar-refractivity contribution in [2.24, 2.45) is 0 Å². The van der Waals surface area contributed by atoms with Gasteiger partial charge in [0.15, 0.2) is 12.2 Å². The molecule has 0 aliphatic carbocycles. The van der Waals surface area contributed by atoms with Gasteiger partial charge in [-0.25, -0.2) is 9.59 Å². The summed E-state index contributed by atoms with van der Waals surface area (Å²) in [5, 5.41) is 0. The van der Waals surface area contributed by atoms with Gasteiger partial charge in [-0.15, -0.1) is 0 Å². The van der Waals surface area contributed by atoms with E-state index in [9.17, 15) is 26.4 Å². The van der Waals surface area contributed by atoms with E-state index in [1.165, 1.54) is 13.8 Å². The molecule has 0 bridgehead atoms. The van der Waals surface area contributed by atoms with Crippen LogP contribution in [0.5, 0.6) is 0 Å². The second-order valence-electron chi connectivity index (χ2n) is 5.46. The Labute approximate surface area is 154 Å². The zero-order valence-electron chi connectivity index (χ0n) is 15.3. The summed E-state index contributed by atoms with van der Waals surface area (Å²) in [5.41, 5.74) is 0. The predicted molar refractivity (Wildman–Crippen MR) is 91.2 cm³/mol. The van der Waals surface area contributed by atoms with E-state index in [0.717, 1.165) is 14.2 Å². The van der Waals surface area contributed by atoms with Gasteiger partial charge in [-0.05, 0) is 26.7 Å². The molecule has 0 N–H and O–H groups in total. The monoisotopic (exact) mass is 418 g/mol. The van der Waals surface area contributed by atoms with E-state index in [1.54, 1.807) is 0 Å². The van der Waals surface area contributed by atoms with Crippen molar-refractivity contribution in [2.75, 3.05) is 25.7 Å². The number of carbonyl (C=O) groups is 2. The van der Waals surface area contributed by atoms with Gasteiger partial charge in [-0.2, -0.15) is 16.8 Å². The summed E-state index contributed by atoms with van der Waals surface area (Å²) in [6, 6.07) is 0. The van der Waals surface area contributed by atoms with Gasteiger partial charge in [0.25, 0.3) is 20.2 Å². The van der Waals surface area contributed by atoms with Gasteiger partial charge >= 0.3 is 11.9 Å². The Bertz CT molecular complexity index is 595. The van der Waals surface area contributed by atoms with E-state index in [-0.39, 0.29) is 24.3 Å². The lowest BCUT2D eigenvalue weighted by molar-refractivity contribution is -0.148. The number of methoxy groups -OCH3 is 2. The normalized spacial score (nSPS) is 14.5. The van der Waals surface area contributed by atoms with Crippen molar-refractivity contribution in [3.8, 4) is 0 Å². The van der Waals surface area contributed by atoms with Crippen LogP contribution in [-0.4, -0.2) is 66.7 Å². The minimum atomic E-state index is -3.88. The molecule has 0 saturated heterocycles. The van der Waals surface area contributed by atoms with Crippen molar-refractivity contribution >= 4 is 32.2 Å². The molecule has 0 heterocycles. The summed E-state index contributed by atoms with van der Waals surface area (Å²) in [6.07, 6.45) is -1.06. The number of ether oxygens (including phenoxy) is 2. The second-order valence-corrected chi connectivity index (χ2v) is 8.89. The molecule has 0 aliphatic heterocycles. The summed E-state index contributed by atoms with van der Waals surface area (Å²) in [4.78, 5) is 22.3. The smallest absolute Gasteiger partial charge is 0.336 e. The summed E-state index contributed by atoms with van der Waals surface area (Å²) >= 11 is 0. The fourth-order valence-electron chi connectivity index (χ4n) is 1.86. The Kier molecular flexibility index (Phi) is 10.9. The number of rotatable bonds is 13. The van der Waals surface area contributed by atoms with Crippen LogP contribution < -0.4 is 0 Å². The molecule has 0 amide bonds. The van der Waals surface area contributed by atoms with Crippen LogP contribution in [-0.2, 0) is 47.7 Å². The minimum Gasteiger partial charge on any atom is -0.467 e. The third-order valence-electron chi connectivity index (χ3n) is 3.19. The van der Waals surface area contributed by atoms with Crippen LogP contribution >= 0.6 is 0 Å². The van der Waals surface area contributed by atoms with Crippen LogP contribution in [0.15, 0.2) is 0 Å². The molecule has 2 atom stereocenters. The lowest BCUT2D eigenvalue weighted by Crippen LogP contribution is -2.27. The average molecular weight is 418 g/mol. The first kappa shape index (κ1) is 24.8. The average Bonchev–Trinajstić information content (AvgIpc) is 2.55. The molecule has 0 saturated carbocycles. The van der Waals surface area contributed by atoms with Gasteiger partial charge in [-0.1, -0.05) is 12.8 Å². The molecular weight excluding hydrogens is 392 g/mol. The standard InChI is InChI=1S/C14H26O10S2/c1-11(13(15)21-3)23-25(17,18)9-7-5-6-8-10-26(19,20)24-12(2)14(16)22-4/h11-12H,5-10H2,1-4H3. The summed E-state index contributed by atoms with van der Waals surface area (Å²) < 4.78 is 64.8. The van der Waals surface area contributed by atoms with E-state index >= 15 is 0 Å². The molecule has 2 unspecified atom stereocenters. The Balaban J connectivity index is 4.09. The first-order valence-electron chi connectivity index (χ1n) is 7.91. The first-order valence-corrected chi connectivity index (χ1v) is 11.1. The molecule has 12 heteroatoms. The zero-order chi connectivity index (χ0) is 20.4. The molecule has 0 aliphatic rings. The van der Waals surface area contributed by atoms with Crippen LogP contribution in [0.3, 0.4) is 0 Å². The maximum absolute atomic E-state index is 11.7. The van der Waals surface area contributed by atoms with E-state index in [0.29, 0.717) is 12.8 Å². The van der Waals surface area contributed by atoms with Crippen molar-refractivity contribution in [1.29, 1.82) is 0 Å². The van der Waals surface area contributed by atoms with E-state index in [2.05, 4.69) is 17.8 Å². The first-order chi connectivity index (χ1) is 11.9. The number of unbranched alkanes of at least 4 members (excludes halogenated alkanes) is 3. The molecule has 26 heavy (non-hydrogen) atoms. The van der Waals surface area contributed by atoms with Gasteiger partial charge in [-0.3, -0.25) is 8.37 Å². The van der Waals surface area contributed by atoms with E-state index in [4.69, 9.17) is 0 Å². The van der Waals surface area contributed by atoms with Crippen LogP contribution in [0.4, 0.5) is 0 Å². The van der Waals surface area contributed by atoms with Gasteiger partial charge in [0.1, 0.15) is 0 Å². The molecule has 0 spiro atoms. The third-order valence-corrected chi connectivity index (χ3v) is 5.93. The molecule has 0 aromatic rings. The van der Waals surface area contributed by atoms with Crippen LogP contribution in [0.1, 0.15) is 39.5 Å². The molecular formula is C14H26O10S2. The molecule has 0 aromatic carbocycles. The molecule has 0 fully saturated rings. The lowest BCUT2D eigenvalue weighted by atomic mass is 10.2. The number of esters is 2. The highest BCUT2D eigenvalue weighted by atomic mass is 32.2. The Hall–Kier alpha value is -1.24. The highest BCUT2D eigenvalue weighted by molar-refractivity contribution is 7.87. The minimum absolute atomic E-state index is 0.246. The molecule has 0 rings (SSSR count). The zero-order valence-corrected chi connectivity index (χ0v) is 16.9. The molecule has 0 radical (unpaired) electrons. The summed E-state index contributed by atoms with van der Waals surface area (Å²) in [5.74, 6) is -2.17. The maximum atomic E-state index is 11.7. The van der Waals surface area contributed by atoms with Crippen molar-refractivity contribution in [2.45, 2.75) is 51.7 Å². The predicted octanol–water partition coefficient (Wildman–Crippen LogP) is 0.363. The van der Waals surface area contributed by atoms with Gasteiger partial charge in [0.2, 0.25) is 0 Å². The molecule has 0 aromatic heterocycles. The van der Waals surface area contributed by atoms with E-state index < -0.39 is 44.4 Å². The van der Waals surface area contributed by atoms with Crippen molar-refractivity contribution < 1.29 is 44.3 Å². The van der Waals surface area contributed by atoms with Crippen LogP contribution in [0.2, 0.25) is 0 Å². The van der Waals surface area contributed by atoms with Gasteiger partial charge < -0.3 is 9.47 Å². The Morgan fingerprint density at radius 1 is 0.692 bits per heavy atom. The topological polar surface area (TPSA) is 139 Å². The lowest BCUT2D eigenvalue weighted by Gasteiger charge is -2.11. The quantitative estimate of drug-likeness (QED) is 0.234. The Morgan fingerprint density at radius 3 is 1.27 bits per heavy atom. The summed E-state index contributed by atoms with van der Waals surface area (Å²) in [6.45, 7) is 2.53. The van der Waals surface area contributed by atoms with Crippen LogP contribution in [0, 0.1) is 0 Å². The molecule has 10 nitrogen and oxygen atoms in total. The number of hydrogen-bond acceptors (Lipinski definition) is 10. The van der Waals surface area contributed by atoms with E-state index in [1.807, 2.05) is 0 Å². The van der Waals surface area contributed by atoms with Crippen molar-refractivity contribution in [1.82, 2.24) is 0 Å². The van der Waals surface area contributed by atoms with Crippen molar-refractivity contribution in [3.05, 3.63) is 0 Å². The fourth-order valence-corrected chi connectivity index (χ4v) is 4.20.